The number of fused-ring (bicyclic) bond motifs is 1. The molecule has 0 saturated carbocycles. The number of benzene rings is 3. The molecule has 2 aromatic heterocycles. The van der Waals surface area contributed by atoms with Crippen LogP contribution in [0.2, 0.25) is 0 Å². The van der Waals surface area contributed by atoms with Gasteiger partial charge in [0.1, 0.15) is 5.75 Å². The standard InChI is InChI=1S/C25H20N4O2S/c1-16(26-18-8-4-3-5-9-18)22-23(17-12-14-19(31-2)15-13-17)28-29(24(22)30)25-27-20-10-6-7-11-21(20)32-25/h3-15,28H,1-2H3. The molecule has 32 heavy (non-hydrogen) atoms. The third-order valence-corrected chi connectivity index (χ3v) is 6.18. The number of nitrogens with zero attached hydrogens (tertiary/aromatic N) is 3. The molecule has 0 fully saturated rings. The fourth-order valence-corrected chi connectivity index (χ4v) is 4.51. The van der Waals surface area contributed by atoms with Gasteiger partial charge in [-0.2, -0.15) is 4.68 Å². The maximum Gasteiger partial charge on any atom is 0.283 e. The number of ether oxygens (including phenoxy) is 1. The van der Waals surface area contributed by atoms with Crippen LogP contribution in [0.1, 0.15) is 12.5 Å². The average Bonchev–Trinajstić information content (AvgIpc) is 3.40. The summed E-state index contributed by atoms with van der Waals surface area (Å²) in [6, 6.07) is 25.0. The Hall–Kier alpha value is -3.97. The molecular formula is C25H20N4O2S. The van der Waals surface area contributed by atoms with E-state index in [1.54, 1.807) is 7.11 Å². The lowest BCUT2D eigenvalue weighted by molar-refractivity contribution is 0.415. The number of thiazole rings is 1. The predicted octanol–water partition coefficient (Wildman–Crippen LogP) is 5.59. The van der Waals surface area contributed by atoms with Crippen molar-refractivity contribution in [3.8, 4) is 22.1 Å². The number of nitrogens with one attached hydrogen (secondary N) is 1. The second kappa shape index (κ2) is 8.28. The van der Waals surface area contributed by atoms with Gasteiger partial charge >= 0.3 is 0 Å². The molecule has 5 aromatic rings. The Bertz CT molecular complexity index is 1450. The fraction of sp³-hybridized carbons (Fsp3) is 0.0800. The quantitative estimate of drug-likeness (QED) is 0.362. The Labute approximate surface area is 188 Å². The second-order valence-electron chi connectivity index (χ2n) is 7.23. The summed E-state index contributed by atoms with van der Waals surface area (Å²) in [6.45, 7) is 1.85. The van der Waals surface area contributed by atoms with E-state index in [-0.39, 0.29) is 5.56 Å². The highest BCUT2D eigenvalue weighted by molar-refractivity contribution is 7.20. The van der Waals surface area contributed by atoms with Gasteiger partial charge < -0.3 is 4.74 Å². The molecule has 6 nitrogen and oxygen atoms in total. The van der Waals surface area contributed by atoms with Gasteiger partial charge in [-0.15, -0.1) is 0 Å². The molecule has 7 heteroatoms. The van der Waals surface area contributed by atoms with Crippen molar-refractivity contribution in [2.75, 3.05) is 7.11 Å². The first-order valence-electron chi connectivity index (χ1n) is 10.1. The van der Waals surface area contributed by atoms with E-state index in [4.69, 9.17) is 9.73 Å². The first-order valence-corrected chi connectivity index (χ1v) is 10.9. The molecule has 0 saturated heterocycles. The van der Waals surface area contributed by atoms with Gasteiger partial charge in [0.25, 0.3) is 5.56 Å². The Morgan fingerprint density at radius 2 is 1.72 bits per heavy atom. The third-order valence-electron chi connectivity index (χ3n) is 5.16. The summed E-state index contributed by atoms with van der Waals surface area (Å²) < 4.78 is 7.81. The van der Waals surface area contributed by atoms with Crippen LogP contribution in [-0.2, 0) is 0 Å². The number of methoxy groups -OCH3 is 1. The largest absolute Gasteiger partial charge is 0.497 e. The summed E-state index contributed by atoms with van der Waals surface area (Å²) >= 11 is 1.46. The average molecular weight is 441 g/mol. The van der Waals surface area contributed by atoms with Gasteiger partial charge in [-0.25, -0.2) is 4.98 Å². The molecule has 0 radical (unpaired) electrons. The molecule has 0 amide bonds. The van der Waals surface area contributed by atoms with Gasteiger partial charge in [0.2, 0.25) is 5.13 Å². The number of aromatic amines is 1. The molecule has 2 heterocycles. The second-order valence-corrected chi connectivity index (χ2v) is 8.24. The fourth-order valence-electron chi connectivity index (χ4n) is 3.58. The highest BCUT2D eigenvalue weighted by Crippen LogP contribution is 2.28. The van der Waals surface area contributed by atoms with Gasteiger partial charge in [-0.3, -0.25) is 14.9 Å². The van der Waals surface area contributed by atoms with Crippen LogP contribution in [0.4, 0.5) is 5.69 Å². The minimum absolute atomic E-state index is 0.188. The summed E-state index contributed by atoms with van der Waals surface area (Å²) in [6.07, 6.45) is 0. The molecule has 5 rings (SSSR count). The van der Waals surface area contributed by atoms with Crippen LogP contribution in [0.25, 0.3) is 26.6 Å². The smallest absolute Gasteiger partial charge is 0.283 e. The minimum Gasteiger partial charge on any atom is -0.497 e. The van der Waals surface area contributed by atoms with Gasteiger partial charge in [-0.1, -0.05) is 41.7 Å². The van der Waals surface area contributed by atoms with Crippen molar-refractivity contribution < 1.29 is 4.74 Å². The molecule has 0 atom stereocenters. The van der Waals surface area contributed by atoms with Crippen molar-refractivity contribution in [2.45, 2.75) is 6.92 Å². The van der Waals surface area contributed by atoms with E-state index in [0.717, 1.165) is 27.2 Å². The molecule has 0 spiro atoms. The molecule has 0 aliphatic heterocycles. The first kappa shape index (κ1) is 20.0. The van der Waals surface area contributed by atoms with Crippen LogP contribution in [0, 0.1) is 0 Å². The van der Waals surface area contributed by atoms with E-state index < -0.39 is 0 Å². The summed E-state index contributed by atoms with van der Waals surface area (Å²) in [7, 11) is 1.63. The predicted molar refractivity (Wildman–Crippen MR) is 130 cm³/mol. The summed E-state index contributed by atoms with van der Waals surface area (Å²) in [5, 5.41) is 3.87. The van der Waals surface area contributed by atoms with Crippen LogP contribution in [0.15, 0.2) is 88.6 Å². The first-order chi connectivity index (χ1) is 15.6. The maximum atomic E-state index is 13.6. The molecule has 0 bridgehead atoms. The monoisotopic (exact) mass is 440 g/mol. The summed E-state index contributed by atoms with van der Waals surface area (Å²) in [5.41, 5.74) is 4.15. The van der Waals surface area contributed by atoms with Crippen LogP contribution < -0.4 is 10.3 Å². The molecule has 0 unspecified atom stereocenters. The number of para-hydroxylation sites is 2. The van der Waals surface area contributed by atoms with Crippen LogP contribution >= 0.6 is 11.3 Å². The maximum absolute atomic E-state index is 13.6. The SMILES string of the molecule is COc1ccc(-c2[nH]n(-c3nc4ccccc4s3)c(=O)c2C(C)=Nc2ccccc2)cc1. The molecular weight excluding hydrogens is 420 g/mol. The molecule has 0 aliphatic rings. The highest BCUT2D eigenvalue weighted by atomic mass is 32.1. The van der Waals surface area contributed by atoms with Gasteiger partial charge in [-0.05, 0) is 55.5 Å². The van der Waals surface area contributed by atoms with Crippen LogP contribution in [-0.4, -0.2) is 27.6 Å². The molecule has 158 valence electrons. The van der Waals surface area contributed by atoms with Crippen LogP contribution in [0.3, 0.4) is 0 Å². The van der Waals surface area contributed by atoms with Crippen LogP contribution in [0.5, 0.6) is 5.75 Å². The Morgan fingerprint density at radius 3 is 2.44 bits per heavy atom. The van der Waals surface area contributed by atoms with E-state index in [2.05, 4.69) is 10.1 Å². The van der Waals surface area contributed by atoms with Gasteiger partial charge in [0, 0.05) is 5.56 Å². The zero-order valence-corrected chi connectivity index (χ0v) is 18.4. The Morgan fingerprint density at radius 1 is 1.00 bits per heavy atom. The summed E-state index contributed by atoms with van der Waals surface area (Å²) in [4.78, 5) is 22.9. The van der Waals surface area contributed by atoms with E-state index >= 15 is 0 Å². The highest BCUT2D eigenvalue weighted by Gasteiger charge is 2.21. The van der Waals surface area contributed by atoms with Crippen molar-refractivity contribution >= 4 is 33.0 Å². The minimum atomic E-state index is -0.188. The van der Waals surface area contributed by atoms with Crippen molar-refractivity contribution in [3.63, 3.8) is 0 Å². The zero-order chi connectivity index (χ0) is 22.1. The Balaban J connectivity index is 1.71. The van der Waals surface area contributed by atoms with Crippen molar-refractivity contribution in [1.29, 1.82) is 0 Å². The molecule has 3 aromatic carbocycles. The third kappa shape index (κ3) is 3.63. The van der Waals surface area contributed by atoms with E-state index in [0.29, 0.717) is 22.1 Å². The number of hydrogen-bond acceptors (Lipinski definition) is 5. The number of rotatable bonds is 5. The lowest BCUT2D eigenvalue weighted by atomic mass is 10.0. The van der Waals surface area contributed by atoms with E-state index in [9.17, 15) is 4.79 Å². The lowest BCUT2D eigenvalue weighted by Gasteiger charge is -2.05. The van der Waals surface area contributed by atoms with Crippen molar-refractivity contribution in [2.24, 2.45) is 4.99 Å². The number of aromatic nitrogens is 3. The van der Waals surface area contributed by atoms with E-state index in [1.807, 2.05) is 85.8 Å². The Kier molecular flexibility index (Phi) is 5.17. The van der Waals surface area contributed by atoms with Crippen molar-refractivity contribution in [1.82, 2.24) is 14.8 Å². The summed E-state index contributed by atoms with van der Waals surface area (Å²) in [5.74, 6) is 0.748. The lowest BCUT2D eigenvalue weighted by Crippen LogP contribution is -2.19. The molecule has 1 N–H and O–H groups in total. The molecule has 0 aliphatic carbocycles. The zero-order valence-electron chi connectivity index (χ0n) is 17.6. The van der Waals surface area contributed by atoms with Gasteiger partial charge in [0.05, 0.1) is 40.0 Å². The number of hydrogen-bond donors (Lipinski definition) is 1. The van der Waals surface area contributed by atoms with Crippen molar-refractivity contribution in [3.05, 3.63) is 94.8 Å². The van der Waals surface area contributed by atoms with E-state index in [1.165, 1.54) is 16.0 Å². The topological polar surface area (TPSA) is 72.3 Å². The van der Waals surface area contributed by atoms with Gasteiger partial charge in [0.15, 0.2) is 0 Å². The normalized spacial score (nSPS) is 11.8. The number of aliphatic imine (C=N–C) groups is 1. The number of H-pyrrole nitrogens is 1.